The molecule has 0 heterocycles. The predicted molar refractivity (Wildman–Crippen MR) is 77.0 cm³/mol. The minimum atomic E-state index is -4.55. The van der Waals surface area contributed by atoms with E-state index in [1.54, 1.807) is 11.8 Å². The zero-order valence-corrected chi connectivity index (χ0v) is 12.0. The van der Waals surface area contributed by atoms with Crippen molar-refractivity contribution in [3.05, 3.63) is 59.4 Å². The maximum atomic E-state index is 13.3. The molecule has 2 rings (SSSR count). The van der Waals surface area contributed by atoms with E-state index in [4.69, 9.17) is 0 Å². The van der Waals surface area contributed by atoms with Crippen LogP contribution in [-0.2, 0) is 12.7 Å². The van der Waals surface area contributed by atoms with E-state index in [0.717, 1.165) is 22.7 Å². The van der Waals surface area contributed by atoms with Gasteiger partial charge in [0.2, 0.25) is 0 Å². The van der Waals surface area contributed by atoms with Crippen molar-refractivity contribution in [2.75, 3.05) is 11.6 Å². The molecule has 0 aliphatic heterocycles. The van der Waals surface area contributed by atoms with E-state index in [0.29, 0.717) is 6.07 Å². The van der Waals surface area contributed by atoms with Crippen molar-refractivity contribution < 1.29 is 17.6 Å². The topological polar surface area (TPSA) is 12.0 Å². The van der Waals surface area contributed by atoms with Gasteiger partial charge in [0.1, 0.15) is 5.82 Å². The lowest BCUT2D eigenvalue weighted by Crippen LogP contribution is -2.08. The first kappa shape index (κ1) is 15.7. The van der Waals surface area contributed by atoms with Gasteiger partial charge in [0, 0.05) is 17.1 Å². The van der Waals surface area contributed by atoms with Crippen molar-refractivity contribution in [3.63, 3.8) is 0 Å². The monoisotopic (exact) mass is 315 g/mol. The zero-order valence-electron chi connectivity index (χ0n) is 11.2. The van der Waals surface area contributed by atoms with Crippen molar-refractivity contribution in [2.45, 2.75) is 17.6 Å². The van der Waals surface area contributed by atoms with Crippen LogP contribution in [-0.4, -0.2) is 6.26 Å². The third kappa shape index (κ3) is 4.39. The van der Waals surface area contributed by atoms with E-state index in [-0.39, 0.29) is 12.1 Å². The van der Waals surface area contributed by atoms with Gasteiger partial charge in [0.05, 0.1) is 5.56 Å². The van der Waals surface area contributed by atoms with Gasteiger partial charge in [-0.1, -0.05) is 6.07 Å². The molecular weight excluding hydrogens is 302 g/mol. The van der Waals surface area contributed by atoms with E-state index in [1.165, 1.54) is 0 Å². The molecule has 0 saturated heterocycles. The lowest BCUT2D eigenvalue weighted by Gasteiger charge is -2.11. The highest BCUT2D eigenvalue weighted by Crippen LogP contribution is 2.30. The summed E-state index contributed by atoms with van der Waals surface area (Å²) in [6.45, 7) is 0.124. The molecule has 0 saturated carbocycles. The lowest BCUT2D eigenvalue weighted by atomic mass is 10.1. The van der Waals surface area contributed by atoms with E-state index in [2.05, 4.69) is 5.32 Å². The molecule has 2 aromatic rings. The molecule has 21 heavy (non-hydrogen) atoms. The Bertz CT molecular complexity index is 625. The van der Waals surface area contributed by atoms with Crippen molar-refractivity contribution in [2.24, 2.45) is 0 Å². The predicted octanol–water partition coefficient (Wildman–Crippen LogP) is 5.18. The smallest absolute Gasteiger partial charge is 0.381 e. The van der Waals surface area contributed by atoms with Gasteiger partial charge in [-0.2, -0.15) is 13.2 Å². The summed E-state index contributed by atoms with van der Waals surface area (Å²) >= 11 is 1.56. The minimum Gasteiger partial charge on any atom is -0.381 e. The van der Waals surface area contributed by atoms with Crippen LogP contribution >= 0.6 is 11.8 Å². The van der Waals surface area contributed by atoms with Crippen LogP contribution in [0.4, 0.5) is 23.2 Å². The maximum Gasteiger partial charge on any atom is 0.416 e. The van der Waals surface area contributed by atoms with Gasteiger partial charge in [0.25, 0.3) is 0 Å². The molecule has 0 atom stereocenters. The van der Waals surface area contributed by atoms with Crippen LogP contribution in [0.3, 0.4) is 0 Å². The first-order valence-corrected chi connectivity index (χ1v) is 7.35. The summed E-state index contributed by atoms with van der Waals surface area (Å²) in [5.41, 5.74) is 0.0497. The Morgan fingerprint density at radius 1 is 1.10 bits per heavy atom. The standard InChI is InChI=1S/C15H13F4NS/c1-21-14-4-2-3-13(8-14)20-9-10-5-11(15(17,18)19)7-12(16)6-10/h2-8,20H,9H2,1H3. The summed E-state index contributed by atoms with van der Waals surface area (Å²) in [6.07, 6.45) is -2.61. The number of hydrogen-bond acceptors (Lipinski definition) is 2. The van der Waals surface area contributed by atoms with Crippen molar-refractivity contribution in [1.29, 1.82) is 0 Å². The number of benzene rings is 2. The van der Waals surface area contributed by atoms with Crippen LogP contribution in [0.25, 0.3) is 0 Å². The van der Waals surface area contributed by atoms with Crippen LogP contribution in [0.5, 0.6) is 0 Å². The number of thioether (sulfide) groups is 1. The SMILES string of the molecule is CSc1cccc(NCc2cc(F)cc(C(F)(F)F)c2)c1. The molecule has 0 aromatic heterocycles. The van der Waals surface area contributed by atoms with Crippen LogP contribution in [0.1, 0.15) is 11.1 Å². The highest BCUT2D eigenvalue weighted by Gasteiger charge is 2.31. The molecule has 1 N–H and O–H groups in total. The quantitative estimate of drug-likeness (QED) is 0.616. The summed E-state index contributed by atoms with van der Waals surface area (Å²) in [4.78, 5) is 1.04. The molecule has 0 aliphatic carbocycles. The zero-order chi connectivity index (χ0) is 15.5. The summed E-state index contributed by atoms with van der Waals surface area (Å²) in [7, 11) is 0. The van der Waals surface area contributed by atoms with E-state index < -0.39 is 17.6 Å². The molecule has 0 bridgehead atoms. The number of rotatable bonds is 4. The Labute approximate surface area is 124 Å². The number of hydrogen-bond donors (Lipinski definition) is 1. The third-order valence-electron chi connectivity index (χ3n) is 2.85. The molecule has 0 radical (unpaired) electrons. The Kier molecular flexibility index (Phi) is 4.77. The molecule has 1 nitrogen and oxygen atoms in total. The van der Waals surface area contributed by atoms with Gasteiger partial charge in [-0.15, -0.1) is 11.8 Å². The van der Waals surface area contributed by atoms with Crippen LogP contribution in [0.2, 0.25) is 0 Å². The third-order valence-corrected chi connectivity index (χ3v) is 3.58. The van der Waals surface area contributed by atoms with E-state index in [9.17, 15) is 17.6 Å². The van der Waals surface area contributed by atoms with Gasteiger partial charge in [-0.3, -0.25) is 0 Å². The normalized spacial score (nSPS) is 11.5. The summed E-state index contributed by atoms with van der Waals surface area (Å²) in [5.74, 6) is -0.889. The molecule has 0 amide bonds. The molecule has 0 aliphatic rings. The highest BCUT2D eigenvalue weighted by molar-refractivity contribution is 7.98. The van der Waals surface area contributed by atoms with Gasteiger partial charge in [0.15, 0.2) is 0 Å². The van der Waals surface area contributed by atoms with Crippen LogP contribution in [0, 0.1) is 5.82 Å². The maximum absolute atomic E-state index is 13.3. The molecule has 112 valence electrons. The average Bonchev–Trinajstić information content (AvgIpc) is 2.44. The molecule has 0 fully saturated rings. The van der Waals surface area contributed by atoms with Gasteiger partial charge in [-0.05, 0) is 48.2 Å². The Morgan fingerprint density at radius 2 is 1.86 bits per heavy atom. The summed E-state index contributed by atoms with van der Waals surface area (Å²) in [5, 5.41) is 2.99. The largest absolute Gasteiger partial charge is 0.416 e. The molecule has 6 heteroatoms. The summed E-state index contributed by atoms with van der Waals surface area (Å²) in [6, 6.07) is 10.0. The molecule has 2 aromatic carbocycles. The van der Waals surface area contributed by atoms with E-state index >= 15 is 0 Å². The number of halogens is 4. The number of alkyl halides is 3. The molecule has 0 spiro atoms. The number of nitrogens with one attached hydrogen (secondary N) is 1. The fourth-order valence-electron chi connectivity index (χ4n) is 1.85. The fourth-order valence-corrected chi connectivity index (χ4v) is 2.31. The second-order valence-corrected chi connectivity index (χ2v) is 5.31. The Balaban J connectivity index is 2.14. The first-order valence-electron chi connectivity index (χ1n) is 6.13. The Hall–Kier alpha value is -1.69. The minimum absolute atomic E-state index is 0.124. The van der Waals surface area contributed by atoms with Crippen molar-refractivity contribution >= 4 is 17.4 Å². The first-order chi connectivity index (χ1) is 9.88. The molecule has 0 unspecified atom stereocenters. The van der Waals surface area contributed by atoms with Gasteiger partial charge < -0.3 is 5.32 Å². The fraction of sp³-hybridized carbons (Fsp3) is 0.200. The van der Waals surface area contributed by atoms with Gasteiger partial charge in [-0.25, -0.2) is 4.39 Å². The average molecular weight is 315 g/mol. The van der Waals surface area contributed by atoms with E-state index in [1.807, 2.05) is 30.5 Å². The van der Waals surface area contributed by atoms with Crippen LogP contribution < -0.4 is 5.32 Å². The second kappa shape index (κ2) is 6.39. The lowest BCUT2D eigenvalue weighted by molar-refractivity contribution is -0.137. The Morgan fingerprint density at radius 3 is 2.52 bits per heavy atom. The summed E-state index contributed by atoms with van der Waals surface area (Å²) < 4.78 is 51.1. The van der Waals surface area contributed by atoms with Crippen molar-refractivity contribution in [1.82, 2.24) is 0 Å². The van der Waals surface area contributed by atoms with Gasteiger partial charge >= 0.3 is 6.18 Å². The second-order valence-electron chi connectivity index (χ2n) is 4.43. The highest BCUT2D eigenvalue weighted by atomic mass is 32.2. The van der Waals surface area contributed by atoms with Crippen LogP contribution in [0.15, 0.2) is 47.4 Å². The molecular formula is C15H13F4NS. The number of anilines is 1. The van der Waals surface area contributed by atoms with Crippen molar-refractivity contribution in [3.8, 4) is 0 Å².